The summed E-state index contributed by atoms with van der Waals surface area (Å²) >= 11 is 6.03. The number of carbonyl (C=O) groups excluding carboxylic acids is 2. The second kappa shape index (κ2) is 10.4. The van der Waals surface area contributed by atoms with E-state index in [4.69, 9.17) is 21.1 Å². The first-order valence-electron chi connectivity index (χ1n) is 9.43. The molecule has 170 valence electrons. The van der Waals surface area contributed by atoms with Crippen LogP contribution in [0.2, 0.25) is 5.02 Å². The molecule has 11 nitrogen and oxygen atoms in total. The number of rotatable bonds is 8. The van der Waals surface area contributed by atoms with Gasteiger partial charge in [0, 0.05) is 5.56 Å². The van der Waals surface area contributed by atoms with Crippen molar-refractivity contribution < 1.29 is 24.0 Å². The molecular formula is C21H18ClN5O6. The van der Waals surface area contributed by atoms with Gasteiger partial charge >= 0.3 is 11.7 Å². The molecule has 33 heavy (non-hydrogen) atoms. The van der Waals surface area contributed by atoms with E-state index < -0.39 is 16.8 Å². The van der Waals surface area contributed by atoms with Crippen molar-refractivity contribution in [3.05, 3.63) is 81.1 Å². The van der Waals surface area contributed by atoms with E-state index in [-0.39, 0.29) is 34.3 Å². The number of hydrogen-bond acceptors (Lipinski definition) is 8. The number of amides is 1. The Labute approximate surface area is 192 Å². The number of nitrogens with zero attached hydrogens (tertiary/aromatic N) is 4. The summed E-state index contributed by atoms with van der Waals surface area (Å²) in [6.07, 6.45) is 2.19. The van der Waals surface area contributed by atoms with Gasteiger partial charge in [0.2, 0.25) is 0 Å². The number of carbonyl (C=O) groups is 2. The predicted molar refractivity (Wildman–Crippen MR) is 119 cm³/mol. The molecule has 0 unspecified atom stereocenters. The Balaban J connectivity index is 1.67. The lowest BCUT2D eigenvalue weighted by atomic mass is 10.1. The highest BCUT2D eigenvalue weighted by atomic mass is 35.5. The number of nitro groups is 1. The monoisotopic (exact) mass is 471 g/mol. The Hall–Kier alpha value is -4.25. The van der Waals surface area contributed by atoms with Crippen LogP contribution in [0, 0.1) is 10.1 Å². The smallest absolute Gasteiger partial charge is 0.345 e. The van der Waals surface area contributed by atoms with Crippen LogP contribution in [-0.4, -0.2) is 39.4 Å². The molecule has 3 rings (SSSR count). The lowest BCUT2D eigenvalue weighted by Crippen LogP contribution is -2.24. The summed E-state index contributed by atoms with van der Waals surface area (Å²) in [5.74, 6) is -0.700. The standard InChI is InChI=1S/C21H18ClN5O6/c1-13(24-25-20(28)12-26-11-15(10-23-26)27(30)31)14-7-8-18(19(9-14)32-2)33-21(29)16-5-3-4-6-17(16)22/h3-11H,12H2,1-2H3,(H,25,28). The van der Waals surface area contributed by atoms with Gasteiger partial charge in [0.05, 0.1) is 28.3 Å². The molecule has 0 bridgehead atoms. The minimum Gasteiger partial charge on any atom is -0.493 e. The van der Waals surface area contributed by atoms with Crippen LogP contribution in [0.25, 0.3) is 0 Å². The second-order valence-corrected chi connectivity index (χ2v) is 7.03. The molecule has 0 aliphatic carbocycles. The first kappa shape index (κ1) is 23.4. The SMILES string of the molecule is COc1cc(C(C)=NNC(=O)Cn2cc([N+](=O)[O-])cn2)ccc1OC(=O)c1ccccc1Cl. The van der Waals surface area contributed by atoms with Crippen LogP contribution < -0.4 is 14.9 Å². The van der Waals surface area contributed by atoms with Gasteiger partial charge in [0.25, 0.3) is 5.91 Å². The molecule has 3 aromatic rings. The van der Waals surface area contributed by atoms with Crippen LogP contribution in [0.3, 0.4) is 0 Å². The quantitative estimate of drug-likeness (QED) is 0.175. The summed E-state index contributed by atoms with van der Waals surface area (Å²) in [7, 11) is 1.42. The molecule has 1 amide bonds. The average Bonchev–Trinajstić information content (AvgIpc) is 3.26. The molecule has 0 atom stereocenters. The molecule has 0 radical (unpaired) electrons. The maximum atomic E-state index is 12.4. The van der Waals surface area contributed by atoms with Crippen LogP contribution in [-0.2, 0) is 11.3 Å². The van der Waals surface area contributed by atoms with Crippen LogP contribution in [0.5, 0.6) is 11.5 Å². The molecule has 0 aliphatic heterocycles. The predicted octanol–water partition coefficient (Wildman–Crippen LogP) is 3.21. The first-order valence-corrected chi connectivity index (χ1v) is 9.81. The maximum Gasteiger partial charge on any atom is 0.345 e. The summed E-state index contributed by atoms with van der Waals surface area (Å²) in [4.78, 5) is 34.5. The van der Waals surface area contributed by atoms with E-state index in [1.54, 1.807) is 43.3 Å². The van der Waals surface area contributed by atoms with Crippen molar-refractivity contribution in [1.29, 1.82) is 0 Å². The summed E-state index contributed by atoms with van der Waals surface area (Å²) in [6, 6.07) is 11.3. The topological polar surface area (TPSA) is 138 Å². The van der Waals surface area contributed by atoms with E-state index in [0.717, 1.165) is 17.1 Å². The van der Waals surface area contributed by atoms with Crippen molar-refractivity contribution in [3.63, 3.8) is 0 Å². The minimum atomic E-state index is -0.636. The third-order valence-electron chi connectivity index (χ3n) is 4.36. The number of benzene rings is 2. The first-order chi connectivity index (χ1) is 15.8. The van der Waals surface area contributed by atoms with Crippen LogP contribution in [0.4, 0.5) is 5.69 Å². The molecule has 0 saturated heterocycles. The van der Waals surface area contributed by atoms with Gasteiger partial charge in [-0.1, -0.05) is 23.7 Å². The summed E-state index contributed by atoms with van der Waals surface area (Å²) in [5, 5.41) is 18.7. The van der Waals surface area contributed by atoms with Crippen LogP contribution >= 0.6 is 11.6 Å². The molecule has 0 fully saturated rings. The molecule has 12 heteroatoms. The van der Waals surface area contributed by atoms with Crippen molar-refractivity contribution in [2.24, 2.45) is 5.10 Å². The zero-order valence-electron chi connectivity index (χ0n) is 17.5. The van der Waals surface area contributed by atoms with Gasteiger partial charge in [-0.3, -0.25) is 19.6 Å². The molecule has 2 aromatic carbocycles. The van der Waals surface area contributed by atoms with Gasteiger partial charge in [-0.25, -0.2) is 10.2 Å². The number of nitrogens with one attached hydrogen (secondary N) is 1. The van der Waals surface area contributed by atoms with Gasteiger partial charge in [-0.15, -0.1) is 0 Å². The van der Waals surface area contributed by atoms with E-state index in [0.29, 0.717) is 11.3 Å². The fourth-order valence-corrected chi connectivity index (χ4v) is 2.90. The zero-order valence-corrected chi connectivity index (χ0v) is 18.3. The molecule has 0 aliphatic rings. The number of aromatic nitrogens is 2. The highest BCUT2D eigenvalue weighted by Crippen LogP contribution is 2.30. The fraction of sp³-hybridized carbons (Fsp3) is 0.143. The molecule has 1 heterocycles. The third kappa shape index (κ3) is 5.92. The van der Waals surface area contributed by atoms with Crippen molar-refractivity contribution in [1.82, 2.24) is 15.2 Å². The van der Waals surface area contributed by atoms with Crippen LogP contribution in [0.15, 0.2) is 60.0 Å². The van der Waals surface area contributed by atoms with E-state index in [2.05, 4.69) is 15.6 Å². The van der Waals surface area contributed by atoms with E-state index >= 15 is 0 Å². The van der Waals surface area contributed by atoms with Gasteiger partial charge in [0.1, 0.15) is 18.9 Å². The fourth-order valence-electron chi connectivity index (χ4n) is 2.69. The Morgan fingerprint density at radius 1 is 1.24 bits per heavy atom. The molecule has 1 aromatic heterocycles. The van der Waals surface area contributed by atoms with Crippen LogP contribution in [0.1, 0.15) is 22.8 Å². The lowest BCUT2D eigenvalue weighted by molar-refractivity contribution is -0.385. The minimum absolute atomic E-state index is 0.184. The molecule has 0 saturated carbocycles. The Morgan fingerprint density at radius 2 is 2.00 bits per heavy atom. The van der Waals surface area contributed by atoms with Gasteiger partial charge < -0.3 is 9.47 Å². The summed E-state index contributed by atoms with van der Waals surface area (Å²) in [5.41, 5.74) is 3.39. The zero-order chi connectivity index (χ0) is 24.0. The number of ether oxygens (including phenoxy) is 2. The largest absolute Gasteiger partial charge is 0.493 e. The number of methoxy groups -OCH3 is 1. The van der Waals surface area contributed by atoms with Crippen molar-refractivity contribution >= 4 is 34.9 Å². The van der Waals surface area contributed by atoms with Gasteiger partial charge in [0.15, 0.2) is 11.5 Å². The Morgan fingerprint density at radius 3 is 2.67 bits per heavy atom. The normalized spacial score (nSPS) is 11.1. The Bertz CT molecular complexity index is 1240. The highest BCUT2D eigenvalue weighted by Gasteiger charge is 2.16. The van der Waals surface area contributed by atoms with Crippen molar-refractivity contribution in [2.75, 3.05) is 7.11 Å². The second-order valence-electron chi connectivity index (χ2n) is 6.62. The number of esters is 1. The lowest BCUT2D eigenvalue weighted by Gasteiger charge is -2.11. The maximum absolute atomic E-state index is 12.4. The summed E-state index contributed by atoms with van der Waals surface area (Å²) in [6.45, 7) is 1.41. The van der Waals surface area contributed by atoms with E-state index in [1.165, 1.54) is 13.2 Å². The highest BCUT2D eigenvalue weighted by molar-refractivity contribution is 6.33. The van der Waals surface area contributed by atoms with Crippen molar-refractivity contribution in [2.45, 2.75) is 13.5 Å². The van der Waals surface area contributed by atoms with E-state index in [1.807, 2.05) is 0 Å². The number of hydrazone groups is 1. The number of halogens is 1. The molecule has 1 N–H and O–H groups in total. The summed E-state index contributed by atoms with van der Waals surface area (Å²) < 4.78 is 11.8. The third-order valence-corrected chi connectivity index (χ3v) is 4.69. The van der Waals surface area contributed by atoms with Crippen molar-refractivity contribution in [3.8, 4) is 11.5 Å². The molecular weight excluding hydrogens is 454 g/mol. The molecule has 0 spiro atoms. The average molecular weight is 472 g/mol. The number of hydrogen-bond donors (Lipinski definition) is 1. The van der Waals surface area contributed by atoms with Gasteiger partial charge in [-0.2, -0.15) is 10.2 Å². The Kier molecular flexibility index (Phi) is 7.36. The van der Waals surface area contributed by atoms with Gasteiger partial charge in [-0.05, 0) is 37.3 Å². The van der Waals surface area contributed by atoms with E-state index in [9.17, 15) is 19.7 Å².